The normalized spacial score (nSPS) is 15.9. The molecule has 0 spiro atoms. The summed E-state index contributed by atoms with van der Waals surface area (Å²) in [4.78, 5) is 26.0. The van der Waals surface area contributed by atoms with Crippen LogP contribution in [-0.2, 0) is 9.59 Å². The Balaban J connectivity index is 2.47. The van der Waals surface area contributed by atoms with Gasteiger partial charge in [0.05, 0.1) is 0 Å². The predicted octanol–water partition coefficient (Wildman–Crippen LogP) is 0.261. The van der Waals surface area contributed by atoms with Crippen LogP contribution in [0.25, 0.3) is 0 Å². The lowest BCUT2D eigenvalue weighted by atomic mass is 9.84. The van der Waals surface area contributed by atoms with Gasteiger partial charge in [-0.05, 0) is 26.9 Å². The lowest BCUT2D eigenvalue weighted by Gasteiger charge is -2.31. The fraction of sp³-hybridized carbons (Fsp3) is 0.818. The van der Waals surface area contributed by atoms with Gasteiger partial charge in [0.1, 0.15) is 6.54 Å². The zero-order valence-electron chi connectivity index (χ0n) is 9.98. The van der Waals surface area contributed by atoms with Gasteiger partial charge in [-0.2, -0.15) is 0 Å². The molecule has 1 saturated carbocycles. The first-order chi connectivity index (χ1) is 7.50. The monoisotopic (exact) mass is 228 g/mol. The van der Waals surface area contributed by atoms with Crippen LogP contribution in [0, 0.1) is 5.92 Å². The molecule has 0 aliphatic heterocycles. The number of nitrogens with zero attached hydrogens (tertiary/aromatic N) is 2. The maximum Gasteiger partial charge on any atom is 0.323 e. The smallest absolute Gasteiger partial charge is 0.323 e. The van der Waals surface area contributed by atoms with E-state index in [0.29, 0.717) is 13.1 Å². The van der Waals surface area contributed by atoms with Crippen LogP contribution in [0.15, 0.2) is 0 Å². The Kier molecular flexibility index (Phi) is 4.73. The van der Waals surface area contributed by atoms with E-state index in [1.54, 1.807) is 0 Å². The number of amides is 1. The highest BCUT2D eigenvalue weighted by molar-refractivity contribution is 5.83. The summed E-state index contributed by atoms with van der Waals surface area (Å²) in [5.41, 5.74) is 0. The maximum atomic E-state index is 11.9. The van der Waals surface area contributed by atoms with Crippen molar-refractivity contribution in [3.05, 3.63) is 0 Å². The molecule has 92 valence electrons. The van der Waals surface area contributed by atoms with Crippen molar-refractivity contribution < 1.29 is 14.7 Å². The third-order valence-corrected chi connectivity index (χ3v) is 2.91. The van der Waals surface area contributed by atoms with E-state index in [1.807, 2.05) is 19.0 Å². The molecule has 1 aliphatic rings. The van der Waals surface area contributed by atoms with Gasteiger partial charge in [-0.25, -0.2) is 0 Å². The number of likely N-dealkylation sites (N-methyl/N-ethyl adjacent to an activating group) is 1. The highest BCUT2D eigenvalue weighted by Gasteiger charge is 2.30. The van der Waals surface area contributed by atoms with Crippen LogP contribution in [-0.4, -0.2) is 60.5 Å². The molecule has 16 heavy (non-hydrogen) atoms. The highest BCUT2D eigenvalue weighted by Crippen LogP contribution is 2.28. The van der Waals surface area contributed by atoms with Crippen LogP contribution < -0.4 is 0 Å². The van der Waals surface area contributed by atoms with Crippen LogP contribution in [0.2, 0.25) is 0 Å². The second-order valence-corrected chi connectivity index (χ2v) is 4.58. The molecule has 0 bridgehead atoms. The van der Waals surface area contributed by atoms with Gasteiger partial charge in [0, 0.05) is 19.0 Å². The number of aliphatic carboxylic acids is 1. The molecule has 0 saturated heterocycles. The number of carbonyl (C=O) groups excluding carboxylic acids is 1. The minimum absolute atomic E-state index is 0.00972. The Morgan fingerprint density at radius 1 is 1.25 bits per heavy atom. The van der Waals surface area contributed by atoms with E-state index in [9.17, 15) is 9.59 Å². The number of carboxylic acid groups (broad SMARTS) is 1. The van der Waals surface area contributed by atoms with Gasteiger partial charge in [-0.1, -0.05) is 6.42 Å². The van der Waals surface area contributed by atoms with Gasteiger partial charge in [0.25, 0.3) is 0 Å². The van der Waals surface area contributed by atoms with E-state index < -0.39 is 5.97 Å². The van der Waals surface area contributed by atoms with E-state index in [1.165, 1.54) is 4.90 Å². The van der Waals surface area contributed by atoms with E-state index in [4.69, 9.17) is 5.11 Å². The molecular formula is C11H20N2O3. The number of rotatable bonds is 6. The fourth-order valence-electron chi connectivity index (χ4n) is 1.66. The summed E-state index contributed by atoms with van der Waals surface area (Å²) in [6, 6.07) is 0. The molecule has 0 aromatic carbocycles. The Morgan fingerprint density at radius 2 is 1.88 bits per heavy atom. The van der Waals surface area contributed by atoms with E-state index >= 15 is 0 Å². The van der Waals surface area contributed by atoms with E-state index in [0.717, 1.165) is 19.3 Å². The van der Waals surface area contributed by atoms with Crippen LogP contribution in [0.5, 0.6) is 0 Å². The molecule has 1 N–H and O–H groups in total. The van der Waals surface area contributed by atoms with Crippen molar-refractivity contribution in [1.29, 1.82) is 0 Å². The summed E-state index contributed by atoms with van der Waals surface area (Å²) in [6.45, 7) is 1.02. The first kappa shape index (κ1) is 13.0. The molecule has 5 heteroatoms. The number of hydrogen-bond donors (Lipinski definition) is 1. The van der Waals surface area contributed by atoms with Gasteiger partial charge >= 0.3 is 5.97 Å². The summed E-state index contributed by atoms with van der Waals surface area (Å²) in [5.74, 6) is -0.858. The third-order valence-electron chi connectivity index (χ3n) is 2.91. The van der Waals surface area contributed by atoms with Crippen molar-refractivity contribution in [2.24, 2.45) is 5.92 Å². The molecule has 0 radical (unpaired) electrons. The lowest BCUT2D eigenvalue weighted by molar-refractivity contribution is -0.147. The molecule has 5 nitrogen and oxygen atoms in total. The quantitative estimate of drug-likeness (QED) is 0.708. The van der Waals surface area contributed by atoms with Crippen LogP contribution in [0.4, 0.5) is 0 Å². The first-order valence-corrected chi connectivity index (χ1v) is 5.66. The Bertz CT molecular complexity index is 262. The minimum atomic E-state index is -0.938. The number of hydrogen-bond acceptors (Lipinski definition) is 3. The Morgan fingerprint density at radius 3 is 2.25 bits per heavy atom. The molecule has 0 atom stereocenters. The highest BCUT2D eigenvalue weighted by atomic mass is 16.4. The third kappa shape index (κ3) is 3.81. The van der Waals surface area contributed by atoms with Gasteiger partial charge in [-0.15, -0.1) is 0 Å². The van der Waals surface area contributed by atoms with Gasteiger partial charge < -0.3 is 14.9 Å². The average Bonchev–Trinajstić information content (AvgIpc) is 2.08. The maximum absolute atomic E-state index is 11.9. The molecule has 1 rings (SSSR count). The van der Waals surface area contributed by atoms with Crippen molar-refractivity contribution in [1.82, 2.24) is 9.80 Å². The summed E-state index contributed by atoms with van der Waals surface area (Å²) in [7, 11) is 3.82. The number of carbonyl (C=O) groups is 2. The zero-order valence-corrected chi connectivity index (χ0v) is 9.98. The van der Waals surface area contributed by atoms with E-state index in [2.05, 4.69) is 0 Å². The zero-order chi connectivity index (χ0) is 12.1. The van der Waals surface area contributed by atoms with Crippen molar-refractivity contribution in [3.63, 3.8) is 0 Å². The molecule has 0 aromatic heterocycles. The molecule has 1 amide bonds. The Labute approximate surface area is 96.0 Å². The first-order valence-electron chi connectivity index (χ1n) is 5.66. The average molecular weight is 228 g/mol. The summed E-state index contributed by atoms with van der Waals surface area (Å²) in [5, 5.41) is 8.76. The Hall–Kier alpha value is -1.10. The summed E-state index contributed by atoms with van der Waals surface area (Å²) in [6.07, 6.45) is 2.92. The van der Waals surface area contributed by atoms with Crippen molar-refractivity contribution in [2.75, 3.05) is 33.7 Å². The van der Waals surface area contributed by atoms with Crippen molar-refractivity contribution >= 4 is 11.9 Å². The van der Waals surface area contributed by atoms with Crippen LogP contribution >= 0.6 is 0 Å². The van der Waals surface area contributed by atoms with Gasteiger partial charge in [0.2, 0.25) is 5.91 Å². The predicted molar refractivity (Wildman–Crippen MR) is 60.1 cm³/mol. The fourth-order valence-corrected chi connectivity index (χ4v) is 1.66. The minimum Gasteiger partial charge on any atom is -0.480 e. The van der Waals surface area contributed by atoms with Crippen LogP contribution in [0.1, 0.15) is 19.3 Å². The molecule has 0 unspecified atom stereocenters. The number of carboxylic acids is 1. The molecule has 0 aromatic rings. The van der Waals surface area contributed by atoms with E-state index in [-0.39, 0.29) is 18.4 Å². The standard InChI is InChI=1S/C11H20N2O3/c1-12(2)6-7-13(8-10(14)15)11(16)9-4-3-5-9/h9H,3-8H2,1-2H3,(H,14,15). The van der Waals surface area contributed by atoms with Crippen molar-refractivity contribution in [2.45, 2.75) is 19.3 Å². The summed E-state index contributed by atoms with van der Waals surface area (Å²) >= 11 is 0. The second kappa shape index (κ2) is 5.84. The van der Waals surface area contributed by atoms with Crippen LogP contribution in [0.3, 0.4) is 0 Å². The second-order valence-electron chi connectivity index (χ2n) is 4.58. The lowest BCUT2D eigenvalue weighted by Crippen LogP contribution is -2.44. The van der Waals surface area contributed by atoms with Gasteiger partial charge in [-0.3, -0.25) is 9.59 Å². The molecule has 0 heterocycles. The summed E-state index contributed by atoms with van der Waals surface area (Å²) < 4.78 is 0. The molecular weight excluding hydrogens is 208 g/mol. The van der Waals surface area contributed by atoms with Gasteiger partial charge in [0.15, 0.2) is 0 Å². The SMILES string of the molecule is CN(C)CCN(CC(=O)O)C(=O)C1CCC1. The largest absolute Gasteiger partial charge is 0.480 e. The topological polar surface area (TPSA) is 60.9 Å². The molecule has 1 fully saturated rings. The molecule has 1 aliphatic carbocycles. The van der Waals surface area contributed by atoms with Crippen molar-refractivity contribution in [3.8, 4) is 0 Å².